The van der Waals surface area contributed by atoms with Gasteiger partial charge in [0.25, 0.3) is 0 Å². The van der Waals surface area contributed by atoms with Crippen molar-refractivity contribution in [1.82, 2.24) is 9.97 Å². The van der Waals surface area contributed by atoms with Crippen LogP contribution < -0.4 is 4.74 Å². The summed E-state index contributed by atoms with van der Waals surface area (Å²) in [5.74, 6) is 0.0726. The predicted octanol–water partition coefficient (Wildman–Crippen LogP) is 0.601. The molecular weight excluding hydrogens is 184 g/mol. The van der Waals surface area contributed by atoms with Gasteiger partial charge in [-0.05, 0) is 12.8 Å². The van der Waals surface area contributed by atoms with Crippen LogP contribution in [0.3, 0.4) is 0 Å². The second-order valence-electron chi connectivity index (χ2n) is 3.33. The van der Waals surface area contributed by atoms with Crippen LogP contribution in [0.4, 0.5) is 0 Å². The van der Waals surface area contributed by atoms with E-state index in [9.17, 15) is 4.79 Å². The molecule has 74 valence electrons. The van der Waals surface area contributed by atoms with Crippen LogP contribution in [0.15, 0.2) is 12.4 Å². The van der Waals surface area contributed by atoms with Crippen LogP contribution in [0.1, 0.15) is 18.7 Å². The average molecular weight is 194 g/mol. The third kappa shape index (κ3) is 1.21. The standard InChI is InChI=1S/C9H10N2O3/c1-14-6-4-10-7(11-5-6)9(2-3-9)8(12)13/h4-5H,2-3H2,1H3,(H,12,13). The molecule has 1 aromatic rings. The van der Waals surface area contributed by atoms with Gasteiger partial charge in [0.05, 0.1) is 19.5 Å². The van der Waals surface area contributed by atoms with Gasteiger partial charge in [-0.1, -0.05) is 0 Å². The van der Waals surface area contributed by atoms with Crippen molar-refractivity contribution in [1.29, 1.82) is 0 Å². The molecule has 0 aliphatic heterocycles. The predicted molar refractivity (Wildman–Crippen MR) is 47.1 cm³/mol. The van der Waals surface area contributed by atoms with Gasteiger partial charge in [0, 0.05) is 0 Å². The van der Waals surface area contributed by atoms with Crippen molar-refractivity contribution >= 4 is 5.97 Å². The molecule has 1 aliphatic rings. The lowest BCUT2D eigenvalue weighted by atomic mass is 10.1. The van der Waals surface area contributed by atoms with Gasteiger partial charge in [-0.15, -0.1) is 0 Å². The van der Waals surface area contributed by atoms with E-state index in [1.807, 2.05) is 0 Å². The molecule has 5 heteroatoms. The Morgan fingerprint density at radius 1 is 1.50 bits per heavy atom. The molecule has 5 nitrogen and oxygen atoms in total. The molecule has 2 rings (SSSR count). The van der Waals surface area contributed by atoms with Crippen molar-refractivity contribution < 1.29 is 14.6 Å². The lowest BCUT2D eigenvalue weighted by molar-refractivity contribution is -0.140. The highest BCUT2D eigenvalue weighted by atomic mass is 16.5. The fourth-order valence-electron chi connectivity index (χ4n) is 1.33. The quantitative estimate of drug-likeness (QED) is 0.762. The average Bonchev–Trinajstić information content (AvgIpc) is 2.99. The lowest BCUT2D eigenvalue weighted by Gasteiger charge is -2.07. The maximum atomic E-state index is 10.9. The highest BCUT2D eigenvalue weighted by molar-refractivity contribution is 5.83. The molecule has 1 aliphatic carbocycles. The Balaban J connectivity index is 2.29. The van der Waals surface area contributed by atoms with Crippen LogP contribution >= 0.6 is 0 Å². The normalized spacial score (nSPS) is 17.5. The summed E-state index contributed by atoms with van der Waals surface area (Å²) >= 11 is 0. The zero-order chi connectivity index (χ0) is 10.2. The van der Waals surface area contributed by atoms with Crippen molar-refractivity contribution in [3.05, 3.63) is 18.2 Å². The monoisotopic (exact) mass is 194 g/mol. The van der Waals surface area contributed by atoms with Crippen molar-refractivity contribution in [2.45, 2.75) is 18.3 Å². The van der Waals surface area contributed by atoms with E-state index in [2.05, 4.69) is 9.97 Å². The molecule has 0 amide bonds. The number of carboxylic acids is 1. The first-order valence-corrected chi connectivity index (χ1v) is 4.29. The minimum absolute atomic E-state index is 0.380. The summed E-state index contributed by atoms with van der Waals surface area (Å²) in [6.07, 6.45) is 4.22. The van der Waals surface area contributed by atoms with E-state index in [0.717, 1.165) is 0 Å². The second kappa shape index (κ2) is 2.94. The van der Waals surface area contributed by atoms with Crippen molar-refractivity contribution in [2.24, 2.45) is 0 Å². The maximum Gasteiger partial charge on any atom is 0.317 e. The van der Waals surface area contributed by atoms with Gasteiger partial charge in [-0.3, -0.25) is 4.79 Å². The molecule has 14 heavy (non-hydrogen) atoms. The van der Waals surface area contributed by atoms with E-state index in [4.69, 9.17) is 9.84 Å². The minimum atomic E-state index is -0.845. The molecule has 0 spiro atoms. The van der Waals surface area contributed by atoms with Gasteiger partial charge in [0.15, 0.2) is 5.75 Å². The van der Waals surface area contributed by atoms with Crippen LogP contribution in [-0.2, 0) is 10.2 Å². The molecule has 0 atom stereocenters. The van der Waals surface area contributed by atoms with Crippen LogP contribution in [0.5, 0.6) is 5.75 Å². The van der Waals surface area contributed by atoms with Gasteiger partial charge < -0.3 is 9.84 Å². The molecule has 0 unspecified atom stereocenters. The zero-order valence-electron chi connectivity index (χ0n) is 7.73. The number of aromatic nitrogens is 2. The molecule has 1 saturated carbocycles. The molecule has 0 aromatic carbocycles. The largest absolute Gasteiger partial charge is 0.494 e. The number of carboxylic acid groups (broad SMARTS) is 1. The summed E-state index contributed by atoms with van der Waals surface area (Å²) in [5, 5.41) is 8.97. The summed E-state index contributed by atoms with van der Waals surface area (Å²) in [6, 6.07) is 0. The summed E-state index contributed by atoms with van der Waals surface area (Å²) in [7, 11) is 1.52. The first-order chi connectivity index (χ1) is 6.69. The van der Waals surface area contributed by atoms with Gasteiger partial charge >= 0.3 is 5.97 Å². The molecular formula is C9H10N2O3. The molecule has 0 bridgehead atoms. The van der Waals surface area contributed by atoms with Crippen molar-refractivity contribution in [3.63, 3.8) is 0 Å². The van der Waals surface area contributed by atoms with E-state index in [1.54, 1.807) is 0 Å². The molecule has 1 N–H and O–H groups in total. The molecule has 0 radical (unpaired) electrons. The Morgan fingerprint density at radius 3 is 2.43 bits per heavy atom. The SMILES string of the molecule is COc1cnc(C2(C(=O)O)CC2)nc1. The fourth-order valence-corrected chi connectivity index (χ4v) is 1.33. The van der Waals surface area contributed by atoms with E-state index in [1.165, 1.54) is 19.5 Å². The molecule has 1 heterocycles. The topological polar surface area (TPSA) is 72.3 Å². The summed E-state index contributed by atoms with van der Waals surface area (Å²) in [4.78, 5) is 18.9. The Bertz CT molecular complexity index is 357. The van der Waals surface area contributed by atoms with E-state index in [0.29, 0.717) is 24.4 Å². The zero-order valence-corrected chi connectivity index (χ0v) is 7.73. The third-order valence-corrected chi connectivity index (χ3v) is 2.45. The Hall–Kier alpha value is -1.65. The van der Waals surface area contributed by atoms with Gasteiger partial charge in [-0.25, -0.2) is 9.97 Å². The van der Waals surface area contributed by atoms with Crippen molar-refractivity contribution in [2.75, 3.05) is 7.11 Å². The minimum Gasteiger partial charge on any atom is -0.494 e. The third-order valence-electron chi connectivity index (χ3n) is 2.45. The molecule has 1 fully saturated rings. The lowest BCUT2D eigenvalue weighted by Crippen LogP contribution is -2.22. The summed E-state index contributed by atoms with van der Waals surface area (Å²) < 4.78 is 4.89. The van der Waals surface area contributed by atoms with Crippen LogP contribution in [-0.4, -0.2) is 28.2 Å². The van der Waals surface area contributed by atoms with Gasteiger partial charge in [0.2, 0.25) is 0 Å². The fraction of sp³-hybridized carbons (Fsp3) is 0.444. The number of aliphatic carboxylic acids is 1. The number of hydrogen-bond donors (Lipinski definition) is 1. The van der Waals surface area contributed by atoms with E-state index >= 15 is 0 Å². The number of rotatable bonds is 3. The summed E-state index contributed by atoms with van der Waals surface area (Å²) in [6.45, 7) is 0. The Labute approximate surface area is 80.8 Å². The number of carbonyl (C=O) groups is 1. The van der Waals surface area contributed by atoms with Crippen LogP contribution in [0.25, 0.3) is 0 Å². The highest BCUT2D eigenvalue weighted by Crippen LogP contribution is 2.46. The molecule has 0 saturated heterocycles. The number of hydrogen-bond acceptors (Lipinski definition) is 4. The van der Waals surface area contributed by atoms with Crippen molar-refractivity contribution in [3.8, 4) is 5.75 Å². The summed E-state index contributed by atoms with van der Waals surface area (Å²) in [5.41, 5.74) is -0.827. The smallest absolute Gasteiger partial charge is 0.317 e. The number of ether oxygens (including phenoxy) is 1. The number of methoxy groups -OCH3 is 1. The maximum absolute atomic E-state index is 10.9. The van der Waals surface area contributed by atoms with E-state index in [-0.39, 0.29) is 0 Å². The first kappa shape index (κ1) is 8.93. The van der Waals surface area contributed by atoms with Crippen LogP contribution in [0, 0.1) is 0 Å². The Kier molecular flexibility index (Phi) is 1.87. The van der Waals surface area contributed by atoms with E-state index < -0.39 is 11.4 Å². The first-order valence-electron chi connectivity index (χ1n) is 4.29. The second-order valence-corrected chi connectivity index (χ2v) is 3.33. The number of nitrogens with zero attached hydrogens (tertiary/aromatic N) is 2. The van der Waals surface area contributed by atoms with Crippen LogP contribution in [0.2, 0.25) is 0 Å². The van der Waals surface area contributed by atoms with Gasteiger partial charge in [-0.2, -0.15) is 0 Å². The Morgan fingerprint density at radius 2 is 2.07 bits per heavy atom. The molecule has 1 aromatic heterocycles. The highest BCUT2D eigenvalue weighted by Gasteiger charge is 2.54. The van der Waals surface area contributed by atoms with Gasteiger partial charge in [0.1, 0.15) is 11.2 Å².